The number of carbonyl (C=O) groups excluding carboxylic acids is 1. The summed E-state index contributed by atoms with van der Waals surface area (Å²) in [6.07, 6.45) is 0. The smallest absolute Gasteiger partial charge is 0.194 e. The second-order valence-corrected chi connectivity index (χ2v) is 9.78. The van der Waals surface area contributed by atoms with Crippen molar-refractivity contribution in [3.63, 3.8) is 0 Å². The molecular formula is C32H17ClN2O2. The molecule has 0 saturated heterocycles. The van der Waals surface area contributed by atoms with E-state index < -0.39 is 5.92 Å². The van der Waals surface area contributed by atoms with E-state index in [9.17, 15) is 4.79 Å². The lowest BCUT2D eigenvalue weighted by atomic mass is 9.79. The molecule has 0 radical (unpaired) electrons. The summed E-state index contributed by atoms with van der Waals surface area (Å²) >= 11 is 6.83. The van der Waals surface area contributed by atoms with Crippen molar-refractivity contribution in [1.82, 2.24) is 9.97 Å². The highest BCUT2D eigenvalue weighted by Crippen LogP contribution is 2.55. The number of allylic oxidation sites excluding steroid dienone is 1. The van der Waals surface area contributed by atoms with Gasteiger partial charge < -0.3 is 4.74 Å². The monoisotopic (exact) mass is 496 g/mol. The molecule has 1 aliphatic carbocycles. The van der Waals surface area contributed by atoms with Crippen LogP contribution >= 0.6 is 11.6 Å². The SMILES string of the molecule is O=C1C2=C(Oc3c(c4nc5ccccc5nc4c4ccccc34)C2c2ccccc2Cl)c2ccccc21. The van der Waals surface area contributed by atoms with Gasteiger partial charge in [0.1, 0.15) is 11.5 Å². The molecule has 2 heterocycles. The van der Waals surface area contributed by atoms with Gasteiger partial charge in [-0.25, -0.2) is 9.97 Å². The molecule has 174 valence electrons. The molecule has 6 aromatic rings. The molecule has 5 aromatic carbocycles. The van der Waals surface area contributed by atoms with Gasteiger partial charge in [0, 0.05) is 38.4 Å². The Labute approximate surface area is 216 Å². The van der Waals surface area contributed by atoms with Crippen LogP contribution in [0.1, 0.15) is 33.0 Å². The zero-order chi connectivity index (χ0) is 24.7. The quantitative estimate of drug-likeness (QED) is 0.173. The second kappa shape index (κ2) is 7.48. The molecule has 0 amide bonds. The lowest BCUT2D eigenvalue weighted by Crippen LogP contribution is -2.19. The number of hydrogen-bond donors (Lipinski definition) is 0. The Morgan fingerprint density at radius 1 is 0.676 bits per heavy atom. The fourth-order valence-electron chi connectivity index (χ4n) is 5.80. The van der Waals surface area contributed by atoms with Gasteiger partial charge in [0.05, 0.1) is 27.6 Å². The topological polar surface area (TPSA) is 52.1 Å². The first-order valence-corrected chi connectivity index (χ1v) is 12.5. The molecule has 5 heteroatoms. The Morgan fingerprint density at radius 3 is 2.08 bits per heavy atom. The number of nitrogens with zero attached hydrogens (tertiary/aromatic N) is 2. The number of ether oxygens (including phenoxy) is 1. The number of carbonyl (C=O) groups is 1. The first kappa shape index (κ1) is 20.6. The predicted octanol–water partition coefficient (Wildman–Crippen LogP) is 7.72. The van der Waals surface area contributed by atoms with Crippen LogP contribution in [-0.2, 0) is 0 Å². The molecule has 1 aliphatic heterocycles. The number of Topliss-reactive ketones (excluding diaryl/α,β-unsaturated/α-hetero) is 1. The number of rotatable bonds is 1. The average molecular weight is 497 g/mol. The van der Waals surface area contributed by atoms with E-state index in [2.05, 4.69) is 0 Å². The number of aromatic nitrogens is 2. The summed E-state index contributed by atoms with van der Waals surface area (Å²) in [5.74, 6) is 0.781. The van der Waals surface area contributed by atoms with Crippen LogP contribution in [0.25, 0.3) is 38.6 Å². The molecule has 37 heavy (non-hydrogen) atoms. The highest BCUT2D eigenvalue weighted by Gasteiger charge is 2.44. The summed E-state index contributed by atoms with van der Waals surface area (Å²) in [5, 5.41) is 2.47. The average Bonchev–Trinajstić information content (AvgIpc) is 3.23. The molecule has 0 N–H and O–H groups in total. The number of hydrogen-bond acceptors (Lipinski definition) is 4. The van der Waals surface area contributed by atoms with Crippen LogP contribution in [0.4, 0.5) is 0 Å². The lowest BCUT2D eigenvalue weighted by Gasteiger charge is -2.30. The van der Waals surface area contributed by atoms with E-state index in [1.54, 1.807) is 0 Å². The Kier molecular flexibility index (Phi) is 4.17. The number of para-hydroxylation sites is 2. The van der Waals surface area contributed by atoms with E-state index in [1.807, 2.05) is 97.1 Å². The zero-order valence-electron chi connectivity index (χ0n) is 19.4. The summed E-state index contributed by atoms with van der Waals surface area (Å²) in [6.45, 7) is 0. The first-order valence-electron chi connectivity index (χ1n) is 12.1. The maximum Gasteiger partial charge on any atom is 0.194 e. The number of benzene rings is 5. The highest BCUT2D eigenvalue weighted by molar-refractivity contribution is 6.32. The van der Waals surface area contributed by atoms with E-state index in [0.717, 1.165) is 44.0 Å². The van der Waals surface area contributed by atoms with E-state index >= 15 is 0 Å². The second-order valence-electron chi connectivity index (χ2n) is 9.37. The number of fused-ring (bicyclic) bond motifs is 9. The van der Waals surface area contributed by atoms with Gasteiger partial charge in [-0.3, -0.25) is 4.79 Å². The minimum atomic E-state index is -0.463. The largest absolute Gasteiger partial charge is 0.455 e. The molecule has 1 unspecified atom stereocenters. The van der Waals surface area contributed by atoms with Gasteiger partial charge in [-0.05, 0) is 23.8 Å². The van der Waals surface area contributed by atoms with Crippen molar-refractivity contribution < 1.29 is 9.53 Å². The van der Waals surface area contributed by atoms with Gasteiger partial charge >= 0.3 is 0 Å². The van der Waals surface area contributed by atoms with Gasteiger partial charge in [-0.2, -0.15) is 0 Å². The third-order valence-corrected chi connectivity index (χ3v) is 7.74. The summed E-state index contributed by atoms with van der Waals surface area (Å²) in [4.78, 5) is 24.1. The van der Waals surface area contributed by atoms with Crippen molar-refractivity contribution in [3.8, 4) is 5.75 Å². The number of ketones is 1. The van der Waals surface area contributed by atoms with Crippen LogP contribution < -0.4 is 4.74 Å². The fourth-order valence-corrected chi connectivity index (χ4v) is 6.05. The maximum absolute atomic E-state index is 13.9. The standard InChI is InChI=1S/C32H17ClN2O2/c33-22-14-6-5-13-21(22)25-26-29-28(34-23-15-7-8-16-24(23)35-29)17-9-1-3-11-19(17)31(26)37-32-20-12-4-2-10-18(20)30(36)27(25)32/h1-16,25H. The van der Waals surface area contributed by atoms with Crippen molar-refractivity contribution in [3.05, 3.63) is 130 Å². The van der Waals surface area contributed by atoms with Crippen LogP contribution in [0.2, 0.25) is 5.02 Å². The molecule has 0 fully saturated rings. The van der Waals surface area contributed by atoms with Gasteiger partial charge in [0.2, 0.25) is 0 Å². The normalized spacial score (nSPS) is 16.1. The first-order chi connectivity index (χ1) is 18.2. The molecule has 0 saturated carbocycles. The van der Waals surface area contributed by atoms with E-state index in [1.165, 1.54) is 0 Å². The van der Waals surface area contributed by atoms with Crippen molar-refractivity contribution in [2.45, 2.75) is 5.92 Å². The van der Waals surface area contributed by atoms with Crippen LogP contribution in [0.15, 0.2) is 103 Å². The van der Waals surface area contributed by atoms with E-state index in [-0.39, 0.29) is 5.78 Å². The third-order valence-electron chi connectivity index (χ3n) is 7.40. The van der Waals surface area contributed by atoms with Crippen LogP contribution in [0, 0.1) is 0 Å². The summed E-state index contributed by atoms with van der Waals surface area (Å²) in [5.41, 5.74) is 6.79. The Balaban J connectivity index is 1.58. The van der Waals surface area contributed by atoms with Gasteiger partial charge in [0.15, 0.2) is 5.78 Å². The lowest BCUT2D eigenvalue weighted by molar-refractivity contribution is 0.103. The van der Waals surface area contributed by atoms with Gasteiger partial charge in [0.25, 0.3) is 0 Å². The van der Waals surface area contributed by atoms with Crippen LogP contribution in [0.3, 0.4) is 0 Å². The Bertz CT molecular complexity index is 2010. The van der Waals surface area contributed by atoms with Crippen molar-refractivity contribution in [1.29, 1.82) is 0 Å². The molecule has 8 rings (SSSR count). The minimum Gasteiger partial charge on any atom is -0.455 e. The minimum absolute atomic E-state index is 0.0452. The summed E-state index contributed by atoms with van der Waals surface area (Å²) < 4.78 is 6.73. The van der Waals surface area contributed by atoms with Crippen molar-refractivity contribution >= 4 is 56.0 Å². The van der Waals surface area contributed by atoms with Crippen LogP contribution in [-0.4, -0.2) is 15.8 Å². The molecule has 0 bridgehead atoms. The molecule has 1 atom stereocenters. The maximum atomic E-state index is 13.9. The molecule has 0 spiro atoms. The molecule has 1 aromatic heterocycles. The van der Waals surface area contributed by atoms with E-state index in [0.29, 0.717) is 33.2 Å². The fraction of sp³-hybridized carbons (Fsp3) is 0.0312. The molecule has 2 aliphatic rings. The van der Waals surface area contributed by atoms with Crippen molar-refractivity contribution in [2.24, 2.45) is 0 Å². The summed E-state index contributed by atoms with van der Waals surface area (Å²) in [6, 6.07) is 31.2. The zero-order valence-corrected chi connectivity index (χ0v) is 20.2. The number of halogens is 1. The molecule has 4 nitrogen and oxygen atoms in total. The Morgan fingerprint density at radius 2 is 1.30 bits per heavy atom. The Hall–Kier alpha value is -4.54. The molecular weight excluding hydrogens is 480 g/mol. The third kappa shape index (κ3) is 2.76. The summed E-state index contributed by atoms with van der Waals surface area (Å²) in [7, 11) is 0. The van der Waals surface area contributed by atoms with Crippen LogP contribution in [0.5, 0.6) is 5.75 Å². The van der Waals surface area contributed by atoms with Crippen molar-refractivity contribution in [2.75, 3.05) is 0 Å². The van der Waals surface area contributed by atoms with Gasteiger partial charge in [-0.15, -0.1) is 0 Å². The highest BCUT2D eigenvalue weighted by atomic mass is 35.5. The van der Waals surface area contributed by atoms with Gasteiger partial charge in [-0.1, -0.05) is 90.5 Å². The van der Waals surface area contributed by atoms with E-state index in [4.69, 9.17) is 26.3 Å². The predicted molar refractivity (Wildman–Crippen MR) is 146 cm³/mol.